The van der Waals surface area contributed by atoms with Crippen LogP contribution in [0, 0.1) is 0 Å². The Morgan fingerprint density at radius 1 is 1.43 bits per heavy atom. The van der Waals surface area contributed by atoms with Crippen LogP contribution in [0.3, 0.4) is 0 Å². The highest BCUT2D eigenvalue weighted by molar-refractivity contribution is 7.03. The summed E-state index contributed by atoms with van der Waals surface area (Å²) in [5.74, 6) is 1.89. The smallest absolute Gasteiger partial charge is 0.407 e. The first-order valence-electron chi connectivity index (χ1n) is 7.80. The molecule has 124 valence electrons. The molecule has 2 atom stereocenters. The van der Waals surface area contributed by atoms with Crippen molar-refractivity contribution in [2.45, 2.75) is 51.2 Å². The maximum Gasteiger partial charge on any atom is 0.407 e. The number of carbonyl (C=O) groups is 1. The summed E-state index contributed by atoms with van der Waals surface area (Å²) in [7, 11) is 0. The molecule has 2 heterocycles. The number of nitrogens with one attached hydrogen (secondary N) is 3. The number of hydrogen-bond acceptors (Lipinski definition) is 6. The van der Waals surface area contributed by atoms with Gasteiger partial charge in [-0.25, -0.2) is 4.79 Å². The van der Waals surface area contributed by atoms with E-state index in [-0.39, 0.29) is 18.2 Å². The number of amides is 1. The molecule has 1 fully saturated rings. The first kappa shape index (κ1) is 15.8. The van der Waals surface area contributed by atoms with Crippen LogP contribution in [0.2, 0.25) is 0 Å². The van der Waals surface area contributed by atoms with Gasteiger partial charge < -0.3 is 15.4 Å². The Hall–Kier alpha value is -2.09. The van der Waals surface area contributed by atoms with Crippen LogP contribution in [0.4, 0.5) is 16.4 Å². The summed E-state index contributed by atoms with van der Waals surface area (Å²) >= 11 is 1.40. The van der Waals surface area contributed by atoms with Crippen molar-refractivity contribution in [1.29, 1.82) is 0 Å². The average Bonchev–Trinajstić information content (AvgIpc) is 3.19. The predicted molar refractivity (Wildman–Crippen MR) is 89.1 cm³/mol. The molecule has 0 spiro atoms. The van der Waals surface area contributed by atoms with Crippen molar-refractivity contribution in [3.05, 3.63) is 23.2 Å². The van der Waals surface area contributed by atoms with E-state index in [1.54, 1.807) is 0 Å². The number of aromatic nitrogens is 3. The van der Waals surface area contributed by atoms with Crippen LogP contribution in [0.5, 0.6) is 0 Å². The molecule has 3 rings (SSSR count). The highest BCUT2D eigenvalue weighted by Gasteiger charge is 2.30. The molecule has 0 aliphatic heterocycles. The van der Waals surface area contributed by atoms with Crippen LogP contribution >= 0.6 is 11.5 Å². The quantitative estimate of drug-likeness (QED) is 0.779. The number of ether oxygens (including phenoxy) is 1. The number of H-pyrrole nitrogens is 1. The summed E-state index contributed by atoms with van der Waals surface area (Å²) < 4.78 is 9.66. The zero-order valence-corrected chi connectivity index (χ0v) is 14.0. The minimum absolute atomic E-state index is 0.0306. The van der Waals surface area contributed by atoms with E-state index in [9.17, 15) is 4.79 Å². The van der Waals surface area contributed by atoms with Gasteiger partial charge in [0.25, 0.3) is 0 Å². The van der Waals surface area contributed by atoms with Crippen molar-refractivity contribution in [1.82, 2.24) is 19.9 Å². The highest BCUT2D eigenvalue weighted by Crippen LogP contribution is 2.36. The number of alkyl carbamates (subject to hydrolysis) is 1. The van der Waals surface area contributed by atoms with Crippen LogP contribution in [0.25, 0.3) is 0 Å². The lowest BCUT2D eigenvalue weighted by Gasteiger charge is -2.14. The number of aromatic amines is 1. The Labute approximate surface area is 139 Å². The SMILES string of the molecule is CC(C)NC(=O)O[C@H]1CC[C@@H](c2cc(Nc3ccsn3)n[nH]2)C1. The number of carbonyl (C=O) groups excluding carboxylic acids is 1. The molecule has 1 aliphatic carbocycles. The summed E-state index contributed by atoms with van der Waals surface area (Å²) in [6.07, 6.45) is 2.32. The highest BCUT2D eigenvalue weighted by atomic mass is 32.1. The minimum atomic E-state index is -0.332. The van der Waals surface area contributed by atoms with Crippen molar-refractivity contribution in [2.24, 2.45) is 0 Å². The van der Waals surface area contributed by atoms with Gasteiger partial charge in [0.1, 0.15) is 11.9 Å². The fourth-order valence-electron chi connectivity index (χ4n) is 2.77. The lowest BCUT2D eigenvalue weighted by molar-refractivity contribution is 0.0981. The molecule has 0 bridgehead atoms. The molecule has 2 aromatic heterocycles. The molecule has 7 nitrogen and oxygen atoms in total. The molecular formula is C15H21N5O2S. The maximum atomic E-state index is 11.7. The summed E-state index contributed by atoms with van der Waals surface area (Å²) in [5, 5.41) is 15.2. The fourth-order valence-corrected chi connectivity index (χ4v) is 3.24. The molecule has 0 radical (unpaired) electrons. The van der Waals surface area contributed by atoms with E-state index in [1.807, 2.05) is 31.4 Å². The molecule has 3 N–H and O–H groups in total. The standard InChI is InChI=1S/C15H21N5O2S/c1-9(2)16-15(21)22-11-4-3-10(7-11)12-8-14(19-18-12)17-13-5-6-23-20-13/h5-6,8-11H,3-4,7H2,1-2H3,(H,16,21)(H2,17,18,19,20)/t10-,11+/m1/s1. The van der Waals surface area contributed by atoms with E-state index in [0.29, 0.717) is 5.92 Å². The summed E-state index contributed by atoms with van der Waals surface area (Å²) in [4.78, 5) is 11.7. The second-order valence-corrected chi connectivity index (χ2v) is 6.72. The zero-order valence-electron chi connectivity index (χ0n) is 13.2. The predicted octanol–water partition coefficient (Wildman–Crippen LogP) is 3.38. The summed E-state index contributed by atoms with van der Waals surface area (Å²) in [5.41, 5.74) is 1.07. The van der Waals surface area contributed by atoms with Crippen molar-refractivity contribution >= 4 is 29.3 Å². The molecular weight excluding hydrogens is 314 g/mol. The van der Waals surface area contributed by atoms with Gasteiger partial charge in [0.2, 0.25) is 0 Å². The monoisotopic (exact) mass is 335 g/mol. The molecule has 2 aromatic rings. The molecule has 1 saturated carbocycles. The first-order chi connectivity index (χ1) is 11.1. The number of rotatable bonds is 5. The Morgan fingerprint density at radius 3 is 3.04 bits per heavy atom. The molecule has 8 heteroatoms. The fraction of sp³-hybridized carbons (Fsp3) is 0.533. The van der Waals surface area contributed by atoms with Crippen LogP contribution in [-0.2, 0) is 4.74 Å². The van der Waals surface area contributed by atoms with Gasteiger partial charge in [-0.15, -0.1) is 0 Å². The van der Waals surface area contributed by atoms with Gasteiger partial charge in [0.05, 0.1) is 0 Å². The van der Waals surface area contributed by atoms with Crippen molar-refractivity contribution in [3.8, 4) is 0 Å². The van der Waals surface area contributed by atoms with Crippen LogP contribution in [0.1, 0.15) is 44.7 Å². The molecule has 0 aromatic carbocycles. The minimum Gasteiger partial charge on any atom is -0.446 e. The largest absolute Gasteiger partial charge is 0.446 e. The third-order valence-corrected chi connectivity index (χ3v) is 4.36. The van der Waals surface area contributed by atoms with Crippen LogP contribution in [0.15, 0.2) is 17.5 Å². The van der Waals surface area contributed by atoms with E-state index in [1.165, 1.54) is 11.5 Å². The zero-order chi connectivity index (χ0) is 16.2. The van der Waals surface area contributed by atoms with Gasteiger partial charge in [-0.2, -0.15) is 9.47 Å². The van der Waals surface area contributed by atoms with Gasteiger partial charge in [0, 0.05) is 29.1 Å². The van der Waals surface area contributed by atoms with E-state index >= 15 is 0 Å². The normalized spacial score (nSPS) is 20.7. The maximum absolute atomic E-state index is 11.7. The average molecular weight is 335 g/mol. The van der Waals surface area contributed by atoms with Gasteiger partial charge in [-0.1, -0.05) is 0 Å². The van der Waals surface area contributed by atoms with Gasteiger partial charge in [-0.05, 0) is 50.7 Å². The number of nitrogens with zero attached hydrogens (tertiary/aromatic N) is 2. The van der Waals surface area contributed by atoms with Crippen molar-refractivity contribution in [2.75, 3.05) is 5.32 Å². The topological polar surface area (TPSA) is 91.9 Å². The van der Waals surface area contributed by atoms with E-state index in [0.717, 1.165) is 36.6 Å². The molecule has 1 aliphatic rings. The third kappa shape index (κ3) is 4.22. The molecule has 23 heavy (non-hydrogen) atoms. The van der Waals surface area contributed by atoms with E-state index in [2.05, 4.69) is 25.2 Å². The second-order valence-electron chi connectivity index (χ2n) is 6.05. The van der Waals surface area contributed by atoms with E-state index in [4.69, 9.17) is 4.74 Å². The number of hydrogen-bond donors (Lipinski definition) is 3. The molecule has 0 saturated heterocycles. The third-order valence-electron chi connectivity index (χ3n) is 3.80. The van der Waals surface area contributed by atoms with Gasteiger partial charge in [-0.3, -0.25) is 5.10 Å². The summed E-state index contributed by atoms with van der Waals surface area (Å²) in [6.45, 7) is 3.83. The lowest BCUT2D eigenvalue weighted by atomic mass is 10.0. The van der Waals surface area contributed by atoms with Crippen molar-refractivity contribution in [3.63, 3.8) is 0 Å². The van der Waals surface area contributed by atoms with Crippen LogP contribution < -0.4 is 10.6 Å². The molecule has 0 unspecified atom stereocenters. The Balaban J connectivity index is 1.53. The Morgan fingerprint density at radius 2 is 2.30 bits per heavy atom. The first-order valence-corrected chi connectivity index (χ1v) is 8.63. The van der Waals surface area contributed by atoms with Crippen LogP contribution in [-0.4, -0.2) is 32.8 Å². The van der Waals surface area contributed by atoms with E-state index < -0.39 is 0 Å². The summed E-state index contributed by atoms with van der Waals surface area (Å²) in [6, 6.07) is 4.00. The van der Waals surface area contributed by atoms with Crippen molar-refractivity contribution < 1.29 is 9.53 Å². The number of anilines is 2. The Bertz CT molecular complexity index is 640. The second kappa shape index (κ2) is 6.99. The van der Waals surface area contributed by atoms with Gasteiger partial charge >= 0.3 is 6.09 Å². The molecule has 1 amide bonds. The Kier molecular flexibility index (Phi) is 4.80. The lowest BCUT2D eigenvalue weighted by Crippen LogP contribution is -2.33. The van der Waals surface area contributed by atoms with Gasteiger partial charge in [0.15, 0.2) is 5.82 Å².